The molecule has 3 rings (SSSR count). The van der Waals surface area contributed by atoms with E-state index in [0.29, 0.717) is 5.56 Å². The fourth-order valence-electron chi connectivity index (χ4n) is 3.31. The number of phenolic OH excluding ortho intramolecular Hbond substituents is 1. The number of amides is 3. The molecule has 194 valence electrons. The Morgan fingerprint density at radius 3 is 2.25 bits per heavy atom. The van der Waals surface area contributed by atoms with Gasteiger partial charge in [0.25, 0.3) is 10.1 Å². The van der Waals surface area contributed by atoms with Crippen molar-refractivity contribution in [2.45, 2.75) is 56.3 Å². The van der Waals surface area contributed by atoms with Gasteiger partial charge in [0, 0.05) is 0 Å². The van der Waals surface area contributed by atoms with Crippen LogP contribution in [-0.2, 0) is 28.6 Å². The van der Waals surface area contributed by atoms with Crippen molar-refractivity contribution in [3.8, 4) is 5.75 Å². The molecule has 2 aromatic carbocycles. The Morgan fingerprint density at radius 2 is 1.69 bits per heavy atom. The lowest BCUT2D eigenvalue weighted by Crippen LogP contribution is -2.71. The molecule has 0 aromatic heterocycles. The lowest BCUT2D eigenvalue weighted by molar-refractivity contribution is -0.137. The number of hydrogen-bond acceptors (Lipinski definition) is 8. The summed E-state index contributed by atoms with van der Waals surface area (Å²) in [6, 6.07) is 8.48. The third kappa shape index (κ3) is 6.95. The largest absolute Gasteiger partial charge is 0.508 e. The molecule has 4 N–H and O–H groups in total. The minimum absolute atomic E-state index is 0.0340. The first-order valence-corrected chi connectivity index (χ1v) is 12.5. The van der Waals surface area contributed by atoms with Crippen LogP contribution in [0.3, 0.4) is 0 Å². The molecule has 1 fully saturated rings. The van der Waals surface area contributed by atoms with Crippen molar-refractivity contribution in [1.29, 1.82) is 0 Å². The Hall–Kier alpha value is -3.64. The molecule has 1 unspecified atom stereocenters. The normalized spacial score (nSPS) is 18.4. The van der Waals surface area contributed by atoms with E-state index in [1.807, 2.05) is 6.92 Å². The topological polar surface area (TPSA) is 160 Å². The number of rotatable bonds is 8. The summed E-state index contributed by atoms with van der Waals surface area (Å²) < 4.78 is 35.2. The predicted molar refractivity (Wildman–Crippen MR) is 128 cm³/mol. The van der Waals surface area contributed by atoms with Crippen LogP contribution in [0.15, 0.2) is 53.4 Å². The molecule has 3 atom stereocenters. The van der Waals surface area contributed by atoms with Gasteiger partial charge in [-0.15, -0.1) is 0 Å². The van der Waals surface area contributed by atoms with Gasteiger partial charge in [0.2, 0.25) is 11.8 Å². The highest BCUT2D eigenvalue weighted by atomic mass is 32.2. The van der Waals surface area contributed by atoms with Gasteiger partial charge in [0.15, 0.2) is 0 Å². The molecule has 0 bridgehead atoms. The summed E-state index contributed by atoms with van der Waals surface area (Å²) in [6.45, 7) is 6.40. The molecule has 0 saturated carbocycles. The zero-order valence-corrected chi connectivity index (χ0v) is 21.1. The van der Waals surface area contributed by atoms with Gasteiger partial charge in [-0.2, -0.15) is 8.42 Å². The Morgan fingerprint density at radius 1 is 1.08 bits per heavy atom. The molecule has 11 nitrogen and oxygen atoms in total. The molecule has 0 aliphatic carbocycles. The van der Waals surface area contributed by atoms with Gasteiger partial charge < -0.3 is 25.8 Å². The summed E-state index contributed by atoms with van der Waals surface area (Å²) in [6.07, 6.45) is -0.863. The van der Waals surface area contributed by atoms with Crippen molar-refractivity contribution >= 4 is 28.0 Å². The number of alkyl carbamates (subject to hydrolysis) is 1. The lowest BCUT2D eigenvalue weighted by atomic mass is 9.98. The van der Waals surface area contributed by atoms with E-state index in [0.717, 1.165) is 5.56 Å². The summed E-state index contributed by atoms with van der Waals surface area (Å²) in [5, 5.41) is 17.1. The minimum atomic E-state index is -4.08. The number of nitrogens with one attached hydrogen (secondary N) is 3. The predicted octanol–water partition coefficient (Wildman–Crippen LogP) is 1.66. The van der Waals surface area contributed by atoms with Crippen LogP contribution < -0.4 is 16.0 Å². The third-order valence-corrected chi connectivity index (χ3v) is 6.47. The van der Waals surface area contributed by atoms with E-state index in [1.54, 1.807) is 32.9 Å². The van der Waals surface area contributed by atoms with Gasteiger partial charge in [-0.25, -0.2) is 4.79 Å². The zero-order valence-electron chi connectivity index (χ0n) is 20.3. The zero-order chi connectivity index (χ0) is 26.7. The fourth-order valence-corrected chi connectivity index (χ4v) is 4.24. The first-order chi connectivity index (χ1) is 16.7. The van der Waals surface area contributed by atoms with Crippen molar-refractivity contribution in [1.82, 2.24) is 16.0 Å². The molecular weight excluding hydrogens is 490 g/mol. The van der Waals surface area contributed by atoms with Gasteiger partial charge >= 0.3 is 6.09 Å². The SMILES string of the molecule is Cc1ccc(S(=O)(=O)OC[C@H]2NC(=O)[C@H]2NC(=O)C(NC(=O)OC(C)(C)C)c2ccc(O)cc2)cc1. The van der Waals surface area contributed by atoms with Crippen LogP contribution in [0.25, 0.3) is 0 Å². The number of aryl methyl sites for hydroxylation is 1. The molecule has 1 aliphatic heterocycles. The van der Waals surface area contributed by atoms with E-state index < -0.39 is 58.4 Å². The smallest absolute Gasteiger partial charge is 0.408 e. The summed E-state index contributed by atoms with van der Waals surface area (Å²) >= 11 is 0. The quantitative estimate of drug-likeness (QED) is 0.303. The molecule has 1 aliphatic rings. The highest BCUT2D eigenvalue weighted by Gasteiger charge is 2.42. The molecule has 1 saturated heterocycles. The van der Waals surface area contributed by atoms with Crippen LogP contribution in [0, 0.1) is 6.92 Å². The lowest BCUT2D eigenvalue weighted by Gasteiger charge is -2.37. The molecule has 2 aromatic rings. The number of hydrogen-bond donors (Lipinski definition) is 4. The van der Waals surface area contributed by atoms with Gasteiger partial charge in [-0.1, -0.05) is 29.8 Å². The summed E-state index contributed by atoms with van der Waals surface area (Å²) in [5.41, 5.74) is 0.385. The van der Waals surface area contributed by atoms with Crippen LogP contribution in [-0.4, -0.2) is 55.7 Å². The number of benzene rings is 2. The Kier molecular flexibility index (Phi) is 7.89. The fraction of sp³-hybridized carbons (Fsp3) is 0.375. The maximum Gasteiger partial charge on any atom is 0.408 e. The van der Waals surface area contributed by atoms with Crippen molar-refractivity contribution < 1.29 is 36.8 Å². The summed E-state index contributed by atoms with van der Waals surface area (Å²) in [5.74, 6) is -1.32. The van der Waals surface area contributed by atoms with Crippen molar-refractivity contribution in [3.05, 3.63) is 59.7 Å². The second-order valence-corrected chi connectivity index (χ2v) is 10.9. The summed E-state index contributed by atoms with van der Waals surface area (Å²) in [4.78, 5) is 37.6. The Bertz CT molecular complexity index is 1220. The first-order valence-electron chi connectivity index (χ1n) is 11.1. The van der Waals surface area contributed by atoms with Crippen LogP contribution in [0.4, 0.5) is 4.79 Å². The molecule has 3 amide bonds. The Balaban J connectivity index is 1.69. The maximum absolute atomic E-state index is 13.1. The molecule has 12 heteroatoms. The molecule has 0 spiro atoms. The molecule has 0 radical (unpaired) electrons. The van der Waals surface area contributed by atoms with Gasteiger partial charge in [-0.3, -0.25) is 13.8 Å². The van der Waals surface area contributed by atoms with Gasteiger partial charge in [0.05, 0.1) is 17.5 Å². The van der Waals surface area contributed by atoms with E-state index in [4.69, 9.17) is 8.92 Å². The van der Waals surface area contributed by atoms with Crippen molar-refractivity contribution in [2.75, 3.05) is 6.61 Å². The van der Waals surface area contributed by atoms with E-state index >= 15 is 0 Å². The number of ether oxygens (including phenoxy) is 1. The number of phenols is 1. The van der Waals surface area contributed by atoms with Crippen LogP contribution in [0.5, 0.6) is 5.75 Å². The van der Waals surface area contributed by atoms with Gasteiger partial charge in [0.1, 0.15) is 23.4 Å². The van der Waals surface area contributed by atoms with E-state index in [2.05, 4.69) is 16.0 Å². The number of carbonyl (C=O) groups is 3. The average molecular weight is 520 g/mol. The molecule has 1 heterocycles. The molecular formula is C24H29N3O8S. The van der Waals surface area contributed by atoms with Crippen LogP contribution in [0.1, 0.15) is 37.9 Å². The van der Waals surface area contributed by atoms with Crippen LogP contribution >= 0.6 is 0 Å². The highest BCUT2D eigenvalue weighted by Crippen LogP contribution is 2.20. The number of carbonyl (C=O) groups excluding carboxylic acids is 3. The monoisotopic (exact) mass is 519 g/mol. The van der Waals surface area contributed by atoms with Crippen LogP contribution in [0.2, 0.25) is 0 Å². The van der Waals surface area contributed by atoms with E-state index in [1.165, 1.54) is 36.4 Å². The standard InChI is InChI=1S/C24H29N3O8S/c1-14-5-11-17(12-6-14)36(32,33)34-13-18-20(22(30)25-18)26-21(29)19(15-7-9-16(28)10-8-15)27-23(31)35-24(2,3)4/h5-12,18-20,28H,13H2,1-4H3,(H,25,30)(H,26,29)(H,27,31)/t18-,19?,20+/m1/s1. The first kappa shape index (κ1) is 27.0. The van der Waals surface area contributed by atoms with E-state index in [-0.39, 0.29) is 10.6 Å². The minimum Gasteiger partial charge on any atom is -0.508 e. The maximum atomic E-state index is 13.1. The second kappa shape index (κ2) is 10.5. The van der Waals surface area contributed by atoms with Crippen molar-refractivity contribution in [2.24, 2.45) is 0 Å². The second-order valence-electron chi connectivity index (χ2n) is 9.32. The number of aromatic hydroxyl groups is 1. The van der Waals surface area contributed by atoms with Gasteiger partial charge in [-0.05, 0) is 57.5 Å². The van der Waals surface area contributed by atoms with E-state index in [9.17, 15) is 27.9 Å². The van der Waals surface area contributed by atoms with Crippen molar-refractivity contribution in [3.63, 3.8) is 0 Å². The molecule has 36 heavy (non-hydrogen) atoms. The summed E-state index contributed by atoms with van der Waals surface area (Å²) in [7, 11) is -4.08. The average Bonchev–Trinajstić information content (AvgIpc) is 2.78. The third-order valence-electron chi connectivity index (χ3n) is 5.17. The Labute approximate surface area is 209 Å². The number of β-lactam (4-membered cyclic amide) rings is 1. The highest BCUT2D eigenvalue weighted by molar-refractivity contribution is 7.86.